The number of amides is 1. The van der Waals surface area contributed by atoms with Gasteiger partial charge in [-0.3, -0.25) is 9.69 Å². The Kier molecular flexibility index (Phi) is 5.15. The van der Waals surface area contributed by atoms with Crippen molar-refractivity contribution >= 4 is 17.2 Å². The molecule has 2 aliphatic heterocycles. The average Bonchev–Trinajstić information content (AvgIpc) is 3.24. The van der Waals surface area contributed by atoms with Crippen molar-refractivity contribution in [3.63, 3.8) is 0 Å². The van der Waals surface area contributed by atoms with Gasteiger partial charge in [-0.05, 0) is 85.9 Å². The van der Waals surface area contributed by atoms with Gasteiger partial charge in [-0.2, -0.15) is 0 Å². The molecule has 0 saturated carbocycles. The third kappa shape index (κ3) is 3.72. The molecule has 0 bridgehead atoms. The molecule has 4 aliphatic rings. The van der Waals surface area contributed by atoms with Crippen LogP contribution in [0.3, 0.4) is 0 Å². The standard InChI is InChI=1S/C25H30N2O2/c1-17-20(15-19-4-2-3-5-21(17)19)16-23-22-14-18(6-7-24(22)26-25(23)28)8-9-27-10-12-29-13-11-27/h6-7,14,16H,2-5,8-13,15H2,1H3,(H,26,28). The van der Waals surface area contributed by atoms with E-state index in [1.165, 1.54) is 42.4 Å². The molecule has 152 valence electrons. The number of ether oxygens (including phenoxy) is 1. The van der Waals surface area contributed by atoms with Gasteiger partial charge >= 0.3 is 0 Å². The molecule has 5 rings (SSSR count). The van der Waals surface area contributed by atoms with Crippen molar-refractivity contribution in [2.24, 2.45) is 0 Å². The number of carbonyl (C=O) groups is 1. The fourth-order valence-electron chi connectivity index (χ4n) is 5.15. The first kappa shape index (κ1) is 18.8. The number of hydrogen-bond donors (Lipinski definition) is 1. The van der Waals surface area contributed by atoms with Gasteiger partial charge < -0.3 is 10.1 Å². The lowest BCUT2D eigenvalue weighted by Gasteiger charge is -2.26. The van der Waals surface area contributed by atoms with E-state index in [1.54, 1.807) is 11.1 Å². The van der Waals surface area contributed by atoms with Crippen LogP contribution >= 0.6 is 0 Å². The molecule has 0 aromatic heterocycles. The van der Waals surface area contributed by atoms with E-state index in [4.69, 9.17) is 4.74 Å². The van der Waals surface area contributed by atoms with Crippen LogP contribution in [-0.4, -0.2) is 43.7 Å². The first-order chi connectivity index (χ1) is 14.2. The van der Waals surface area contributed by atoms with Gasteiger partial charge in [0.2, 0.25) is 0 Å². The van der Waals surface area contributed by atoms with Crippen molar-refractivity contribution in [3.8, 4) is 0 Å². The highest BCUT2D eigenvalue weighted by molar-refractivity contribution is 6.32. The summed E-state index contributed by atoms with van der Waals surface area (Å²) in [6.07, 6.45) is 9.26. The molecule has 1 saturated heterocycles. The quantitative estimate of drug-likeness (QED) is 0.771. The van der Waals surface area contributed by atoms with Crippen LogP contribution in [0.4, 0.5) is 5.69 Å². The minimum atomic E-state index is 0.0375. The van der Waals surface area contributed by atoms with E-state index >= 15 is 0 Å². The van der Waals surface area contributed by atoms with Gasteiger partial charge in [0.05, 0.1) is 13.2 Å². The zero-order valence-electron chi connectivity index (χ0n) is 17.4. The number of hydrogen-bond acceptors (Lipinski definition) is 3. The van der Waals surface area contributed by atoms with Crippen LogP contribution in [0, 0.1) is 0 Å². The van der Waals surface area contributed by atoms with Crippen molar-refractivity contribution in [2.45, 2.75) is 45.4 Å². The zero-order chi connectivity index (χ0) is 19.8. The number of morpholine rings is 1. The second-order valence-electron chi connectivity index (χ2n) is 8.71. The fraction of sp³-hybridized carbons (Fsp3) is 0.480. The van der Waals surface area contributed by atoms with E-state index < -0.39 is 0 Å². The van der Waals surface area contributed by atoms with Crippen LogP contribution in [-0.2, 0) is 16.0 Å². The van der Waals surface area contributed by atoms with Crippen LogP contribution in [0.25, 0.3) is 5.57 Å². The Hall–Kier alpha value is -2.17. The van der Waals surface area contributed by atoms with Gasteiger partial charge in [0, 0.05) is 36.5 Å². The van der Waals surface area contributed by atoms with Gasteiger partial charge in [-0.1, -0.05) is 11.6 Å². The van der Waals surface area contributed by atoms with Crippen LogP contribution < -0.4 is 5.32 Å². The molecule has 0 spiro atoms. The Balaban J connectivity index is 1.37. The lowest BCUT2D eigenvalue weighted by molar-refractivity contribution is -0.110. The van der Waals surface area contributed by atoms with Crippen LogP contribution in [0.2, 0.25) is 0 Å². The smallest absolute Gasteiger partial charge is 0.256 e. The zero-order valence-corrected chi connectivity index (χ0v) is 17.4. The third-order valence-corrected chi connectivity index (χ3v) is 6.93. The molecule has 29 heavy (non-hydrogen) atoms. The molecular weight excluding hydrogens is 360 g/mol. The molecule has 1 aromatic carbocycles. The van der Waals surface area contributed by atoms with Gasteiger partial charge in [0.25, 0.3) is 5.91 Å². The van der Waals surface area contributed by atoms with Crippen LogP contribution in [0.15, 0.2) is 46.6 Å². The summed E-state index contributed by atoms with van der Waals surface area (Å²) in [5, 5.41) is 3.06. The molecule has 1 N–H and O–H groups in total. The normalized spacial score (nSPS) is 23.6. The highest BCUT2D eigenvalue weighted by Gasteiger charge is 2.28. The summed E-state index contributed by atoms with van der Waals surface area (Å²) in [7, 11) is 0. The summed E-state index contributed by atoms with van der Waals surface area (Å²) in [5.41, 5.74) is 10.1. The first-order valence-corrected chi connectivity index (χ1v) is 11.1. The predicted molar refractivity (Wildman–Crippen MR) is 117 cm³/mol. The van der Waals surface area contributed by atoms with Crippen molar-refractivity contribution < 1.29 is 9.53 Å². The highest BCUT2D eigenvalue weighted by atomic mass is 16.5. The van der Waals surface area contributed by atoms with E-state index in [9.17, 15) is 4.79 Å². The highest BCUT2D eigenvalue weighted by Crippen LogP contribution is 2.43. The maximum absolute atomic E-state index is 12.7. The molecule has 4 heteroatoms. The topological polar surface area (TPSA) is 41.6 Å². The largest absolute Gasteiger partial charge is 0.379 e. The maximum atomic E-state index is 12.7. The summed E-state index contributed by atoms with van der Waals surface area (Å²) in [6, 6.07) is 6.45. The van der Waals surface area contributed by atoms with E-state index in [2.05, 4.69) is 41.4 Å². The SMILES string of the molecule is CC1=C(C=C2C(=O)Nc3ccc(CCN4CCOCC4)cc32)CC2=C1CCCC2. The molecule has 1 aromatic rings. The number of fused-ring (bicyclic) bond motifs is 1. The van der Waals surface area contributed by atoms with Gasteiger partial charge in [0.1, 0.15) is 0 Å². The van der Waals surface area contributed by atoms with Crippen molar-refractivity contribution in [2.75, 3.05) is 38.2 Å². The van der Waals surface area contributed by atoms with Crippen LogP contribution in [0.1, 0.15) is 50.2 Å². The number of allylic oxidation sites excluding steroid dienone is 5. The molecule has 1 amide bonds. The monoisotopic (exact) mass is 390 g/mol. The van der Waals surface area contributed by atoms with Crippen molar-refractivity contribution in [3.05, 3.63) is 57.7 Å². The minimum absolute atomic E-state index is 0.0375. The Labute approximate surface area is 173 Å². The number of nitrogens with zero attached hydrogens (tertiary/aromatic N) is 1. The average molecular weight is 391 g/mol. The number of nitrogens with one attached hydrogen (secondary N) is 1. The van der Waals surface area contributed by atoms with E-state index in [1.807, 2.05) is 0 Å². The summed E-state index contributed by atoms with van der Waals surface area (Å²) < 4.78 is 5.44. The maximum Gasteiger partial charge on any atom is 0.256 e. The summed E-state index contributed by atoms with van der Waals surface area (Å²) in [6.45, 7) is 6.99. The predicted octanol–water partition coefficient (Wildman–Crippen LogP) is 4.49. The number of rotatable bonds is 4. The van der Waals surface area contributed by atoms with Crippen LogP contribution in [0.5, 0.6) is 0 Å². The Bertz CT molecular complexity index is 932. The van der Waals surface area contributed by atoms with Gasteiger partial charge in [0.15, 0.2) is 0 Å². The number of benzene rings is 1. The second-order valence-corrected chi connectivity index (χ2v) is 8.71. The minimum Gasteiger partial charge on any atom is -0.379 e. The molecule has 0 atom stereocenters. The molecular formula is C25H30N2O2. The van der Waals surface area contributed by atoms with Gasteiger partial charge in [-0.25, -0.2) is 0 Å². The first-order valence-electron chi connectivity index (χ1n) is 11.1. The number of carbonyl (C=O) groups excluding carboxylic acids is 1. The second kappa shape index (κ2) is 7.92. The molecule has 0 unspecified atom stereocenters. The van der Waals surface area contributed by atoms with Crippen molar-refractivity contribution in [1.82, 2.24) is 4.90 Å². The Morgan fingerprint density at radius 3 is 2.83 bits per heavy atom. The lowest BCUT2D eigenvalue weighted by Crippen LogP contribution is -2.37. The molecule has 0 radical (unpaired) electrons. The Morgan fingerprint density at radius 2 is 2.00 bits per heavy atom. The lowest BCUT2D eigenvalue weighted by atomic mass is 9.91. The van der Waals surface area contributed by atoms with E-state index in [-0.39, 0.29) is 5.91 Å². The fourth-order valence-corrected chi connectivity index (χ4v) is 5.15. The molecule has 2 heterocycles. The molecule has 1 fully saturated rings. The Morgan fingerprint density at radius 1 is 1.17 bits per heavy atom. The van der Waals surface area contributed by atoms with E-state index in [0.29, 0.717) is 0 Å². The molecule has 4 nitrogen and oxygen atoms in total. The van der Waals surface area contributed by atoms with Crippen molar-refractivity contribution in [1.29, 1.82) is 0 Å². The summed E-state index contributed by atoms with van der Waals surface area (Å²) in [4.78, 5) is 15.2. The summed E-state index contributed by atoms with van der Waals surface area (Å²) >= 11 is 0. The number of anilines is 1. The third-order valence-electron chi connectivity index (χ3n) is 6.93. The van der Waals surface area contributed by atoms with E-state index in [0.717, 1.165) is 62.5 Å². The molecule has 2 aliphatic carbocycles. The van der Waals surface area contributed by atoms with Gasteiger partial charge in [-0.15, -0.1) is 0 Å². The summed E-state index contributed by atoms with van der Waals surface area (Å²) in [5.74, 6) is 0.0375.